The first kappa shape index (κ1) is 23.4. The van der Waals surface area contributed by atoms with Gasteiger partial charge >= 0.3 is 5.97 Å². The van der Waals surface area contributed by atoms with Gasteiger partial charge in [-0.25, -0.2) is 9.78 Å². The number of hydrogen-bond donors (Lipinski definition) is 1. The summed E-state index contributed by atoms with van der Waals surface area (Å²) in [6, 6.07) is 14.6. The molecule has 0 saturated heterocycles. The number of aromatic nitrogens is 4. The standard InChI is InChI=1S/C25H25N5O3S/c1-4-15-30-19-10-8-7-9-18(19)21-22(30)27-25(29-28-21)34-20(5-2)23(31)26-17-13-11-16(12-14-17)24(32)33-6-3/h4,7-14,20H,1,5-6,15H2,2-3H3,(H,26,31). The number of rotatable bonds is 9. The molecule has 8 nitrogen and oxygen atoms in total. The number of anilines is 1. The highest BCUT2D eigenvalue weighted by atomic mass is 32.2. The number of amides is 1. The van der Waals surface area contributed by atoms with E-state index in [1.165, 1.54) is 11.8 Å². The van der Waals surface area contributed by atoms with Gasteiger partial charge in [0, 0.05) is 17.6 Å². The first-order valence-electron chi connectivity index (χ1n) is 11.0. The quantitative estimate of drug-likeness (QED) is 0.210. The number of ether oxygens (including phenoxy) is 1. The van der Waals surface area contributed by atoms with E-state index in [9.17, 15) is 9.59 Å². The number of allylic oxidation sites excluding steroid dienone is 1. The largest absolute Gasteiger partial charge is 0.462 e. The molecule has 2 aromatic heterocycles. The number of fused-ring (bicyclic) bond motifs is 3. The Balaban J connectivity index is 1.53. The minimum absolute atomic E-state index is 0.174. The molecule has 0 saturated carbocycles. The van der Waals surface area contributed by atoms with E-state index in [2.05, 4.69) is 22.1 Å². The Labute approximate surface area is 201 Å². The zero-order valence-electron chi connectivity index (χ0n) is 19.0. The molecule has 0 bridgehead atoms. The zero-order valence-corrected chi connectivity index (χ0v) is 19.8. The molecule has 1 amide bonds. The molecule has 0 radical (unpaired) electrons. The summed E-state index contributed by atoms with van der Waals surface area (Å²) in [7, 11) is 0. The van der Waals surface area contributed by atoms with Crippen LogP contribution in [0.15, 0.2) is 66.3 Å². The topological polar surface area (TPSA) is 99.0 Å². The fraction of sp³-hybridized carbons (Fsp3) is 0.240. The van der Waals surface area contributed by atoms with Gasteiger partial charge in [-0.1, -0.05) is 43.0 Å². The molecule has 1 N–H and O–H groups in total. The van der Waals surface area contributed by atoms with Crippen LogP contribution in [0.1, 0.15) is 30.6 Å². The Morgan fingerprint density at radius 2 is 1.91 bits per heavy atom. The molecule has 0 aliphatic rings. The minimum Gasteiger partial charge on any atom is -0.462 e. The van der Waals surface area contributed by atoms with Crippen molar-refractivity contribution in [1.29, 1.82) is 0 Å². The second-order valence-electron chi connectivity index (χ2n) is 7.48. The number of hydrogen-bond acceptors (Lipinski definition) is 7. The maximum atomic E-state index is 12.9. The Morgan fingerprint density at radius 1 is 1.15 bits per heavy atom. The van der Waals surface area contributed by atoms with Crippen molar-refractivity contribution in [3.05, 3.63) is 66.7 Å². The summed E-state index contributed by atoms with van der Waals surface area (Å²) in [4.78, 5) is 29.5. The maximum absolute atomic E-state index is 12.9. The van der Waals surface area contributed by atoms with E-state index in [1.54, 1.807) is 31.2 Å². The summed E-state index contributed by atoms with van der Waals surface area (Å²) >= 11 is 1.27. The van der Waals surface area contributed by atoms with Crippen molar-refractivity contribution < 1.29 is 14.3 Å². The van der Waals surface area contributed by atoms with E-state index in [0.29, 0.717) is 41.6 Å². The van der Waals surface area contributed by atoms with Gasteiger partial charge in [-0.15, -0.1) is 16.8 Å². The molecule has 1 atom stereocenters. The van der Waals surface area contributed by atoms with Gasteiger partial charge in [0.25, 0.3) is 0 Å². The number of benzene rings is 2. The van der Waals surface area contributed by atoms with Crippen LogP contribution in [0.25, 0.3) is 22.1 Å². The van der Waals surface area contributed by atoms with Crippen molar-refractivity contribution in [1.82, 2.24) is 19.7 Å². The molecule has 0 fully saturated rings. The molecular weight excluding hydrogens is 450 g/mol. The molecule has 0 spiro atoms. The predicted molar refractivity (Wildman–Crippen MR) is 134 cm³/mol. The van der Waals surface area contributed by atoms with Gasteiger partial charge in [-0.2, -0.15) is 0 Å². The summed E-state index contributed by atoms with van der Waals surface area (Å²) < 4.78 is 7.03. The SMILES string of the molecule is C=CCn1c2ccccc2c2nnc(SC(CC)C(=O)Nc3ccc(C(=O)OCC)cc3)nc21. The lowest BCUT2D eigenvalue weighted by atomic mass is 10.2. The minimum atomic E-state index is -0.416. The summed E-state index contributed by atoms with van der Waals surface area (Å²) in [6.45, 7) is 8.44. The van der Waals surface area contributed by atoms with E-state index in [4.69, 9.17) is 9.72 Å². The highest BCUT2D eigenvalue weighted by Crippen LogP contribution is 2.29. The highest BCUT2D eigenvalue weighted by Gasteiger charge is 2.22. The van der Waals surface area contributed by atoms with Crippen LogP contribution >= 0.6 is 11.8 Å². The van der Waals surface area contributed by atoms with Gasteiger partial charge < -0.3 is 14.6 Å². The van der Waals surface area contributed by atoms with Gasteiger partial charge in [-0.05, 0) is 43.7 Å². The van der Waals surface area contributed by atoms with Crippen LogP contribution in [-0.4, -0.2) is 43.5 Å². The summed E-state index contributed by atoms with van der Waals surface area (Å²) in [5.74, 6) is -0.567. The fourth-order valence-electron chi connectivity index (χ4n) is 3.63. The lowest BCUT2D eigenvalue weighted by Gasteiger charge is -2.14. The number of nitrogens with one attached hydrogen (secondary N) is 1. The van der Waals surface area contributed by atoms with Crippen molar-refractivity contribution >= 4 is 51.4 Å². The molecule has 9 heteroatoms. The van der Waals surface area contributed by atoms with Crippen molar-refractivity contribution in [2.75, 3.05) is 11.9 Å². The van der Waals surface area contributed by atoms with E-state index >= 15 is 0 Å². The van der Waals surface area contributed by atoms with E-state index in [-0.39, 0.29) is 5.91 Å². The first-order chi connectivity index (χ1) is 16.5. The average molecular weight is 476 g/mol. The van der Waals surface area contributed by atoms with Gasteiger partial charge in [-0.3, -0.25) is 4.79 Å². The molecule has 2 aromatic carbocycles. The monoisotopic (exact) mass is 475 g/mol. The van der Waals surface area contributed by atoms with E-state index in [1.807, 2.05) is 41.8 Å². The molecule has 174 valence electrons. The van der Waals surface area contributed by atoms with Crippen LogP contribution in [0.5, 0.6) is 0 Å². The lowest BCUT2D eigenvalue weighted by molar-refractivity contribution is -0.115. The molecule has 34 heavy (non-hydrogen) atoms. The van der Waals surface area contributed by atoms with Gasteiger partial charge in [0.2, 0.25) is 11.1 Å². The zero-order chi connectivity index (χ0) is 24.1. The molecule has 0 aliphatic heterocycles. The summed E-state index contributed by atoms with van der Waals surface area (Å²) in [6.07, 6.45) is 2.39. The Bertz CT molecular complexity index is 1350. The third-order valence-electron chi connectivity index (χ3n) is 5.24. The average Bonchev–Trinajstić information content (AvgIpc) is 3.16. The summed E-state index contributed by atoms with van der Waals surface area (Å²) in [5, 5.41) is 12.6. The van der Waals surface area contributed by atoms with Crippen molar-refractivity contribution in [3.8, 4) is 0 Å². The number of para-hydroxylation sites is 1. The number of nitrogens with zero attached hydrogens (tertiary/aromatic N) is 4. The lowest BCUT2D eigenvalue weighted by Crippen LogP contribution is -2.25. The van der Waals surface area contributed by atoms with E-state index in [0.717, 1.165) is 16.4 Å². The maximum Gasteiger partial charge on any atom is 0.338 e. The van der Waals surface area contributed by atoms with Crippen molar-refractivity contribution in [3.63, 3.8) is 0 Å². The van der Waals surface area contributed by atoms with Gasteiger partial charge in [0.05, 0.1) is 22.9 Å². The molecule has 4 aromatic rings. The molecule has 2 heterocycles. The van der Waals surface area contributed by atoms with Crippen LogP contribution < -0.4 is 5.32 Å². The summed E-state index contributed by atoms with van der Waals surface area (Å²) in [5.41, 5.74) is 3.48. The number of esters is 1. The molecule has 1 unspecified atom stereocenters. The third kappa shape index (κ3) is 4.79. The molecular formula is C25H25N5O3S. The Morgan fingerprint density at radius 3 is 2.62 bits per heavy atom. The van der Waals surface area contributed by atoms with Gasteiger partial charge in [0.1, 0.15) is 5.52 Å². The van der Waals surface area contributed by atoms with Crippen LogP contribution in [-0.2, 0) is 16.1 Å². The molecule has 0 aliphatic carbocycles. The fourth-order valence-corrected chi connectivity index (χ4v) is 4.44. The van der Waals surface area contributed by atoms with Crippen LogP contribution in [0.3, 0.4) is 0 Å². The second kappa shape index (κ2) is 10.5. The van der Waals surface area contributed by atoms with Crippen molar-refractivity contribution in [2.24, 2.45) is 0 Å². The smallest absolute Gasteiger partial charge is 0.338 e. The third-order valence-corrected chi connectivity index (χ3v) is 6.46. The van der Waals surface area contributed by atoms with Crippen molar-refractivity contribution in [2.45, 2.75) is 37.2 Å². The molecule has 4 rings (SSSR count). The predicted octanol–water partition coefficient (Wildman–Crippen LogP) is 4.85. The van der Waals surface area contributed by atoms with E-state index < -0.39 is 11.2 Å². The van der Waals surface area contributed by atoms with Crippen LogP contribution in [0.4, 0.5) is 5.69 Å². The number of carbonyl (C=O) groups is 2. The Kier molecular flexibility index (Phi) is 7.22. The van der Waals surface area contributed by atoms with Crippen LogP contribution in [0.2, 0.25) is 0 Å². The normalized spacial score (nSPS) is 11.9. The number of carbonyl (C=O) groups excluding carboxylic acids is 2. The first-order valence-corrected chi connectivity index (χ1v) is 11.9. The number of thioether (sulfide) groups is 1. The highest BCUT2D eigenvalue weighted by molar-refractivity contribution is 8.00. The van der Waals surface area contributed by atoms with Gasteiger partial charge in [0.15, 0.2) is 5.65 Å². The second-order valence-corrected chi connectivity index (χ2v) is 8.65. The Hall–Kier alpha value is -3.72. The van der Waals surface area contributed by atoms with Crippen LogP contribution in [0, 0.1) is 0 Å².